The minimum absolute atomic E-state index is 0.200. The summed E-state index contributed by atoms with van der Waals surface area (Å²) in [5.74, 6) is 0.511. The lowest BCUT2D eigenvalue weighted by Crippen LogP contribution is -2.23. The molecule has 1 aliphatic rings. The van der Waals surface area contributed by atoms with Crippen LogP contribution in [0, 0.1) is 0 Å². The third-order valence-corrected chi connectivity index (χ3v) is 5.60. The highest BCUT2D eigenvalue weighted by atomic mass is 32.2. The monoisotopic (exact) mass is 339 g/mol. The van der Waals surface area contributed by atoms with Gasteiger partial charge in [-0.1, -0.05) is 48.2 Å². The van der Waals surface area contributed by atoms with Crippen molar-refractivity contribution in [3.05, 3.63) is 59.9 Å². The largest absolute Gasteiger partial charge is 0.411 e. The SMILES string of the molecule is S=C1c2ccccc2CCC1Sc1nnc(-c2ccncc2)o1. The molecular formula is C17H13N3OS2. The van der Waals surface area contributed by atoms with Gasteiger partial charge in [-0.2, -0.15) is 0 Å². The molecule has 0 N–H and O–H groups in total. The zero-order valence-corrected chi connectivity index (χ0v) is 13.8. The number of hydrogen-bond donors (Lipinski definition) is 0. The smallest absolute Gasteiger partial charge is 0.277 e. The number of thiocarbonyl (C=S) groups is 1. The molecule has 6 heteroatoms. The molecule has 1 aliphatic carbocycles. The Hall–Kier alpha value is -2.05. The van der Waals surface area contributed by atoms with E-state index in [9.17, 15) is 0 Å². The van der Waals surface area contributed by atoms with Crippen molar-refractivity contribution in [2.45, 2.75) is 23.3 Å². The highest BCUT2D eigenvalue weighted by Gasteiger charge is 2.26. The third-order valence-electron chi connectivity index (χ3n) is 3.83. The quantitative estimate of drug-likeness (QED) is 0.673. The van der Waals surface area contributed by atoms with Gasteiger partial charge in [-0.3, -0.25) is 4.98 Å². The van der Waals surface area contributed by atoms with Gasteiger partial charge in [-0.15, -0.1) is 10.2 Å². The average molecular weight is 339 g/mol. The maximum absolute atomic E-state index is 5.76. The number of nitrogens with zero attached hydrogens (tertiary/aromatic N) is 3. The van der Waals surface area contributed by atoms with Crippen molar-refractivity contribution in [3.63, 3.8) is 0 Å². The van der Waals surface area contributed by atoms with Gasteiger partial charge in [0.15, 0.2) is 0 Å². The van der Waals surface area contributed by atoms with Crippen molar-refractivity contribution in [1.82, 2.24) is 15.2 Å². The van der Waals surface area contributed by atoms with Gasteiger partial charge in [0.1, 0.15) is 0 Å². The molecule has 0 spiro atoms. The van der Waals surface area contributed by atoms with Crippen LogP contribution in [0.3, 0.4) is 0 Å². The number of pyridine rings is 1. The first kappa shape index (κ1) is 14.5. The third kappa shape index (κ3) is 2.92. The Morgan fingerprint density at radius 2 is 1.91 bits per heavy atom. The summed E-state index contributed by atoms with van der Waals surface area (Å²) in [6, 6.07) is 12.0. The Morgan fingerprint density at radius 1 is 1.09 bits per heavy atom. The van der Waals surface area contributed by atoms with Gasteiger partial charge >= 0.3 is 0 Å². The standard InChI is InChI=1S/C17H13N3OS2/c22-15-13-4-2-1-3-11(13)5-6-14(15)23-17-20-19-16(21-17)12-7-9-18-10-8-12/h1-4,7-10,14H,5-6H2. The van der Waals surface area contributed by atoms with Crippen molar-refractivity contribution in [3.8, 4) is 11.5 Å². The lowest BCUT2D eigenvalue weighted by molar-refractivity contribution is 0.465. The summed E-state index contributed by atoms with van der Waals surface area (Å²) >= 11 is 7.22. The van der Waals surface area contributed by atoms with Gasteiger partial charge in [0.05, 0.1) is 5.25 Å². The molecule has 4 rings (SSSR count). The first-order valence-electron chi connectivity index (χ1n) is 7.34. The van der Waals surface area contributed by atoms with E-state index in [0.29, 0.717) is 11.1 Å². The molecule has 1 aromatic carbocycles. The number of hydrogen-bond acceptors (Lipinski definition) is 6. The molecule has 0 saturated heterocycles. The fourth-order valence-electron chi connectivity index (χ4n) is 2.67. The number of aromatic nitrogens is 3. The summed E-state index contributed by atoms with van der Waals surface area (Å²) in [5, 5.41) is 9.01. The molecule has 0 amide bonds. The zero-order valence-electron chi connectivity index (χ0n) is 12.2. The van der Waals surface area contributed by atoms with E-state index in [0.717, 1.165) is 23.3 Å². The van der Waals surface area contributed by atoms with Crippen molar-refractivity contribution in [2.75, 3.05) is 0 Å². The minimum Gasteiger partial charge on any atom is -0.411 e. The van der Waals surface area contributed by atoms with E-state index in [1.54, 1.807) is 24.2 Å². The summed E-state index contributed by atoms with van der Waals surface area (Å²) in [6.07, 6.45) is 5.44. The van der Waals surface area contributed by atoms with Gasteiger partial charge in [0.2, 0.25) is 5.89 Å². The Labute approximate surface area is 143 Å². The van der Waals surface area contributed by atoms with E-state index in [1.807, 2.05) is 18.2 Å². The fraction of sp³-hybridized carbons (Fsp3) is 0.176. The molecule has 3 aromatic rings. The molecule has 0 radical (unpaired) electrons. The fourth-order valence-corrected chi connectivity index (χ4v) is 4.06. The number of rotatable bonds is 3. The topological polar surface area (TPSA) is 51.8 Å². The van der Waals surface area contributed by atoms with Gasteiger partial charge < -0.3 is 4.42 Å². The van der Waals surface area contributed by atoms with Crippen LogP contribution in [0.25, 0.3) is 11.5 Å². The number of aryl methyl sites for hydroxylation is 1. The highest BCUT2D eigenvalue weighted by Crippen LogP contribution is 2.34. The van der Waals surface area contributed by atoms with Gasteiger partial charge in [-0.05, 0) is 36.1 Å². The minimum atomic E-state index is 0.200. The normalized spacial score (nSPS) is 17.0. The maximum atomic E-state index is 5.76. The first-order valence-corrected chi connectivity index (χ1v) is 8.63. The predicted molar refractivity (Wildman–Crippen MR) is 93.6 cm³/mol. The number of thioether (sulfide) groups is 1. The maximum Gasteiger partial charge on any atom is 0.277 e. The molecule has 2 aromatic heterocycles. The molecule has 0 fully saturated rings. The first-order chi connectivity index (χ1) is 11.3. The Balaban J connectivity index is 1.54. The van der Waals surface area contributed by atoms with Crippen molar-refractivity contribution in [1.29, 1.82) is 0 Å². The summed E-state index contributed by atoms with van der Waals surface area (Å²) < 4.78 is 5.76. The van der Waals surface area contributed by atoms with Crippen LogP contribution in [0.4, 0.5) is 0 Å². The van der Waals surface area contributed by atoms with E-state index in [2.05, 4.69) is 33.4 Å². The van der Waals surface area contributed by atoms with Crippen molar-refractivity contribution >= 4 is 28.8 Å². The molecule has 0 bridgehead atoms. The van der Waals surface area contributed by atoms with Crippen LogP contribution >= 0.6 is 24.0 Å². The molecule has 4 nitrogen and oxygen atoms in total. The summed E-state index contributed by atoms with van der Waals surface area (Å²) in [4.78, 5) is 4.96. The van der Waals surface area contributed by atoms with E-state index < -0.39 is 0 Å². The van der Waals surface area contributed by atoms with Crippen molar-refractivity contribution in [2.24, 2.45) is 0 Å². The van der Waals surface area contributed by atoms with Crippen LogP contribution in [-0.2, 0) is 6.42 Å². The predicted octanol–water partition coefficient (Wildman–Crippen LogP) is 3.96. The Kier molecular flexibility index (Phi) is 3.93. The van der Waals surface area contributed by atoms with Gasteiger partial charge in [-0.25, -0.2) is 0 Å². The van der Waals surface area contributed by atoms with E-state index in [-0.39, 0.29) is 5.25 Å². The van der Waals surface area contributed by atoms with Crippen LogP contribution in [0.2, 0.25) is 0 Å². The number of benzene rings is 1. The summed E-state index contributed by atoms with van der Waals surface area (Å²) in [7, 11) is 0. The van der Waals surface area contributed by atoms with Crippen LogP contribution in [0.1, 0.15) is 17.5 Å². The van der Waals surface area contributed by atoms with E-state index in [4.69, 9.17) is 16.6 Å². The molecule has 1 unspecified atom stereocenters. The molecule has 114 valence electrons. The lowest BCUT2D eigenvalue weighted by Gasteiger charge is -2.23. The second-order valence-electron chi connectivity index (χ2n) is 5.28. The molecule has 0 saturated carbocycles. The molecular weight excluding hydrogens is 326 g/mol. The van der Waals surface area contributed by atoms with Crippen LogP contribution in [0.5, 0.6) is 0 Å². The second-order valence-corrected chi connectivity index (χ2v) is 6.87. The van der Waals surface area contributed by atoms with Crippen LogP contribution < -0.4 is 0 Å². The molecule has 23 heavy (non-hydrogen) atoms. The summed E-state index contributed by atoms with van der Waals surface area (Å²) in [5.41, 5.74) is 3.38. The lowest BCUT2D eigenvalue weighted by atomic mass is 9.91. The van der Waals surface area contributed by atoms with Gasteiger partial charge in [0.25, 0.3) is 5.22 Å². The molecule has 2 heterocycles. The van der Waals surface area contributed by atoms with E-state index >= 15 is 0 Å². The van der Waals surface area contributed by atoms with Crippen LogP contribution in [-0.4, -0.2) is 25.3 Å². The average Bonchev–Trinajstić information content (AvgIpc) is 3.07. The highest BCUT2D eigenvalue weighted by molar-refractivity contribution is 8.01. The van der Waals surface area contributed by atoms with Crippen molar-refractivity contribution < 1.29 is 4.42 Å². The molecule has 1 atom stereocenters. The molecule has 0 aliphatic heterocycles. The second kappa shape index (κ2) is 6.22. The Bertz CT molecular complexity index is 848. The van der Waals surface area contributed by atoms with Crippen LogP contribution in [0.15, 0.2) is 58.4 Å². The van der Waals surface area contributed by atoms with E-state index in [1.165, 1.54) is 11.1 Å². The summed E-state index contributed by atoms with van der Waals surface area (Å²) in [6.45, 7) is 0. The Morgan fingerprint density at radius 3 is 2.78 bits per heavy atom. The zero-order chi connectivity index (χ0) is 15.6. The van der Waals surface area contributed by atoms with Gasteiger partial charge in [0, 0.05) is 22.8 Å². The number of fused-ring (bicyclic) bond motifs is 1.